The van der Waals surface area contributed by atoms with Crippen molar-refractivity contribution in [3.8, 4) is 0 Å². The third kappa shape index (κ3) is 2.93. The summed E-state index contributed by atoms with van der Waals surface area (Å²) in [4.78, 5) is 17.0. The molecular formula is C9H13N3OS2. The predicted octanol–water partition coefficient (Wildman–Crippen LogP) is 1.10. The highest BCUT2D eigenvalue weighted by Gasteiger charge is 2.21. The average molecular weight is 243 g/mol. The quantitative estimate of drug-likeness (QED) is 0.816. The maximum Gasteiger partial charge on any atom is 0.244 e. The molecular weight excluding hydrogens is 230 g/mol. The fourth-order valence-corrected chi connectivity index (χ4v) is 2.94. The van der Waals surface area contributed by atoms with Gasteiger partial charge in [0.1, 0.15) is 0 Å². The molecule has 2 rings (SSSR count). The number of aromatic nitrogens is 1. The minimum absolute atomic E-state index is 0.0246. The Morgan fingerprint density at radius 1 is 1.73 bits per heavy atom. The molecule has 82 valence electrons. The van der Waals surface area contributed by atoms with Crippen molar-refractivity contribution >= 4 is 34.1 Å². The second-order valence-corrected chi connectivity index (χ2v) is 5.73. The summed E-state index contributed by atoms with van der Waals surface area (Å²) in [6.07, 6.45) is 1.77. The molecule has 1 saturated heterocycles. The Hall–Kier alpha value is -0.590. The number of thioether (sulfide) groups is 1. The van der Waals surface area contributed by atoms with E-state index in [4.69, 9.17) is 0 Å². The highest BCUT2D eigenvalue weighted by atomic mass is 32.2. The molecule has 1 atom stereocenters. The molecule has 0 saturated carbocycles. The largest absolute Gasteiger partial charge is 0.304 e. The van der Waals surface area contributed by atoms with E-state index in [1.54, 1.807) is 18.0 Å². The number of anilines is 1. The van der Waals surface area contributed by atoms with E-state index < -0.39 is 0 Å². The number of thiazole rings is 1. The number of hydrogen-bond acceptors (Lipinski definition) is 5. The number of amides is 1. The van der Waals surface area contributed by atoms with Crippen LogP contribution in [0.1, 0.15) is 4.88 Å². The number of carbonyl (C=O) groups excluding carboxylic acids is 1. The predicted molar refractivity (Wildman–Crippen MR) is 64.6 cm³/mol. The van der Waals surface area contributed by atoms with E-state index in [0.29, 0.717) is 5.13 Å². The highest BCUT2D eigenvalue weighted by Crippen LogP contribution is 2.17. The lowest BCUT2D eigenvalue weighted by Gasteiger charge is -2.21. The number of nitrogens with zero attached hydrogens (tertiary/aromatic N) is 1. The maximum atomic E-state index is 11.8. The molecule has 1 unspecified atom stereocenters. The van der Waals surface area contributed by atoms with Crippen LogP contribution in [0.4, 0.5) is 5.13 Å². The highest BCUT2D eigenvalue weighted by molar-refractivity contribution is 7.99. The van der Waals surface area contributed by atoms with Gasteiger partial charge in [-0.15, -0.1) is 11.3 Å². The molecule has 0 aliphatic carbocycles. The van der Waals surface area contributed by atoms with E-state index in [2.05, 4.69) is 15.6 Å². The molecule has 0 bridgehead atoms. The fourth-order valence-electron chi connectivity index (χ4n) is 1.34. The van der Waals surface area contributed by atoms with Gasteiger partial charge in [0, 0.05) is 29.1 Å². The molecule has 6 heteroatoms. The lowest BCUT2D eigenvalue weighted by Crippen LogP contribution is -2.46. The zero-order valence-corrected chi connectivity index (χ0v) is 10.1. The number of carbonyl (C=O) groups is 1. The van der Waals surface area contributed by atoms with E-state index in [0.717, 1.165) is 22.9 Å². The van der Waals surface area contributed by atoms with Crippen molar-refractivity contribution in [2.24, 2.45) is 0 Å². The van der Waals surface area contributed by atoms with Gasteiger partial charge in [-0.2, -0.15) is 11.8 Å². The number of nitrogens with one attached hydrogen (secondary N) is 2. The number of aryl methyl sites for hydroxylation is 1. The second-order valence-electron chi connectivity index (χ2n) is 3.35. The molecule has 4 nitrogen and oxygen atoms in total. The molecule has 0 radical (unpaired) electrons. The standard InChI is InChI=1S/C9H13N3OS2/c1-6-4-11-9(15-6)12-8(13)7-5-14-3-2-10-7/h4,7,10H,2-3,5H2,1H3,(H,11,12,13). The summed E-state index contributed by atoms with van der Waals surface area (Å²) in [5.41, 5.74) is 0. The van der Waals surface area contributed by atoms with Gasteiger partial charge in [0.25, 0.3) is 0 Å². The van der Waals surface area contributed by atoms with Crippen molar-refractivity contribution in [3.05, 3.63) is 11.1 Å². The first-order chi connectivity index (χ1) is 7.25. The van der Waals surface area contributed by atoms with Crippen LogP contribution in [0.5, 0.6) is 0 Å². The van der Waals surface area contributed by atoms with E-state index in [-0.39, 0.29) is 11.9 Å². The summed E-state index contributed by atoms with van der Waals surface area (Å²) in [6, 6.07) is -0.0760. The van der Waals surface area contributed by atoms with Crippen LogP contribution in [0.15, 0.2) is 6.20 Å². The average Bonchev–Trinajstić information content (AvgIpc) is 2.65. The molecule has 1 fully saturated rings. The molecule has 15 heavy (non-hydrogen) atoms. The van der Waals surface area contributed by atoms with Crippen LogP contribution in [-0.2, 0) is 4.79 Å². The zero-order chi connectivity index (χ0) is 10.7. The van der Waals surface area contributed by atoms with Crippen molar-refractivity contribution < 1.29 is 4.79 Å². The third-order valence-corrected chi connectivity index (χ3v) is 3.98. The fraction of sp³-hybridized carbons (Fsp3) is 0.556. The van der Waals surface area contributed by atoms with Gasteiger partial charge in [0.15, 0.2) is 5.13 Å². The molecule has 2 N–H and O–H groups in total. The van der Waals surface area contributed by atoms with Crippen molar-refractivity contribution in [1.82, 2.24) is 10.3 Å². The number of rotatable bonds is 2. The Morgan fingerprint density at radius 3 is 3.20 bits per heavy atom. The Kier molecular flexibility index (Phi) is 3.61. The Morgan fingerprint density at radius 2 is 2.60 bits per heavy atom. The van der Waals surface area contributed by atoms with Crippen LogP contribution in [0.3, 0.4) is 0 Å². The molecule has 1 aliphatic heterocycles. The first-order valence-corrected chi connectivity index (χ1v) is 6.77. The first kappa shape index (κ1) is 10.9. The van der Waals surface area contributed by atoms with Crippen LogP contribution in [0, 0.1) is 6.92 Å². The lowest BCUT2D eigenvalue weighted by atomic mass is 10.3. The van der Waals surface area contributed by atoms with Gasteiger partial charge in [0.05, 0.1) is 6.04 Å². The van der Waals surface area contributed by atoms with Gasteiger partial charge in [-0.25, -0.2) is 4.98 Å². The molecule has 1 aromatic rings. The lowest BCUT2D eigenvalue weighted by molar-refractivity contribution is -0.117. The molecule has 0 aromatic carbocycles. The van der Waals surface area contributed by atoms with Crippen LogP contribution >= 0.6 is 23.1 Å². The Labute approximate surface area is 96.9 Å². The molecule has 1 aromatic heterocycles. The first-order valence-electron chi connectivity index (χ1n) is 4.80. The Bertz CT molecular complexity index is 347. The van der Waals surface area contributed by atoms with Crippen molar-refractivity contribution in [2.45, 2.75) is 13.0 Å². The monoisotopic (exact) mass is 243 g/mol. The van der Waals surface area contributed by atoms with Crippen LogP contribution in [0.2, 0.25) is 0 Å². The van der Waals surface area contributed by atoms with Gasteiger partial charge in [-0.05, 0) is 6.92 Å². The summed E-state index contributed by atoms with van der Waals surface area (Å²) >= 11 is 3.31. The van der Waals surface area contributed by atoms with Gasteiger partial charge < -0.3 is 10.6 Å². The summed E-state index contributed by atoms with van der Waals surface area (Å²) in [6.45, 7) is 2.88. The van der Waals surface area contributed by atoms with Gasteiger partial charge >= 0.3 is 0 Å². The van der Waals surface area contributed by atoms with Gasteiger partial charge in [-0.3, -0.25) is 4.79 Å². The minimum atomic E-state index is -0.0760. The van der Waals surface area contributed by atoms with Gasteiger partial charge in [0.2, 0.25) is 5.91 Å². The van der Waals surface area contributed by atoms with Gasteiger partial charge in [-0.1, -0.05) is 0 Å². The van der Waals surface area contributed by atoms with E-state index in [1.165, 1.54) is 11.3 Å². The Balaban J connectivity index is 1.91. The summed E-state index contributed by atoms with van der Waals surface area (Å²) < 4.78 is 0. The molecule has 1 aliphatic rings. The molecule has 2 heterocycles. The molecule has 0 spiro atoms. The summed E-state index contributed by atoms with van der Waals surface area (Å²) in [5, 5.41) is 6.70. The smallest absolute Gasteiger partial charge is 0.244 e. The minimum Gasteiger partial charge on any atom is -0.304 e. The third-order valence-electron chi connectivity index (χ3n) is 2.09. The van der Waals surface area contributed by atoms with Crippen LogP contribution in [0.25, 0.3) is 0 Å². The topological polar surface area (TPSA) is 54.0 Å². The SMILES string of the molecule is Cc1cnc(NC(=O)C2CSCCN2)s1. The van der Waals surface area contributed by atoms with E-state index >= 15 is 0 Å². The summed E-state index contributed by atoms with van der Waals surface area (Å²) in [7, 11) is 0. The van der Waals surface area contributed by atoms with E-state index in [1.807, 2.05) is 6.92 Å². The van der Waals surface area contributed by atoms with Crippen molar-refractivity contribution in [1.29, 1.82) is 0 Å². The van der Waals surface area contributed by atoms with E-state index in [9.17, 15) is 4.79 Å². The van der Waals surface area contributed by atoms with Crippen LogP contribution < -0.4 is 10.6 Å². The zero-order valence-electron chi connectivity index (χ0n) is 8.45. The summed E-state index contributed by atoms with van der Waals surface area (Å²) in [5.74, 6) is 1.95. The molecule has 1 amide bonds. The normalized spacial score (nSPS) is 21.3. The van der Waals surface area contributed by atoms with Crippen LogP contribution in [-0.4, -0.2) is 35.0 Å². The second kappa shape index (κ2) is 4.96. The van der Waals surface area contributed by atoms with Crippen molar-refractivity contribution in [2.75, 3.05) is 23.4 Å². The maximum absolute atomic E-state index is 11.8. The van der Waals surface area contributed by atoms with Crippen molar-refractivity contribution in [3.63, 3.8) is 0 Å². The number of hydrogen-bond donors (Lipinski definition) is 2.